The smallest absolute Gasteiger partial charge is 0.220 e. The van der Waals surface area contributed by atoms with Gasteiger partial charge < -0.3 is 4.90 Å². The molecule has 0 bridgehead atoms. The third-order valence-corrected chi connectivity index (χ3v) is 3.33. The summed E-state index contributed by atoms with van der Waals surface area (Å²) in [6, 6.07) is 0.639. The summed E-state index contributed by atoms with van der Waals surface area (Å²) in [4.78, 5) is 13.7. The molecule has 4 heteroatoms. The molecular weight excluding hydrogens is 212 g/mol. The Labute approximate surface area is 105 Å². The van der Waals surface area contributed by atoms with Crippen molar-refractivity contribution in [2.75, 3.05) is 33.2 Å². The van der Waals surface area contributed by atoms with Gasteiger partial charge in [-0.05, 0) is 27.2 Å². The largest absolute Gasteiger partial charge is 0.339 e. The number of hydrogen-bond acceptors (Lipinski definition) is 2. The lowest BCUT2D eigenvalue weighted by molar-refractivity contribution is 0.148. The van der Waals surface area contributed by atoms with Crippen LogP contribution in [0.2, 0.25) is 0 Å². The van der Waals surface area contributed by atoms with E-state index in [-0.39, 0.29) is 0 Å². The highest BCUT2D eigenvalue weighted by molar-refractivity contribution is 5.95. The van der Waals surface area contributed by atoms with Crippen LogP contribution in [-0.4, -0.2) is 60.7 Å². The van der Waals surface area contributed by atoms with E-state index in [1.54, 1.807) is 0 Å². The molecule has 17 heavy (non-hydrogen) atoms. The Morgan fingerprint density at radius 2 is 1.76 bits per heavy atom. The lowest BCUT2D eigenvalue weighted by Gasteiger charge is -2.37. The van der Waals surface area contributed by atoms with Gasteiger partial charge in [-0.1, -0.05) is 6.92 Å². The summed E-state index contributed by atoms with van der Waals surface area (Å²) in [6.45, 7) is 13.0. The number of rotatable bonds is 2. The van der Waals surface area contributed by atoms with E-state index in [1.807, 2.05) is 7.05 Å². The zero-order chi connectivity index (χ0) is 12.8. The van der Waals surface area contributed by atoms with Gasteiger partial charge in [0.1, 0.15) is 0 Å². The molecule has 1 fully saturated rings. The topological polar surface area (TPSA) is 31.2 Å². The number of nitrogens with zero attached hydrogens (tertiary/aromatic N) is 4. The average molecular weight is 238 g/mol. The molecule has 0 atom stereocenters. The van der Waals surface area contributed by atoms with Crippen LogP contribution in [0.15, 0.2) is 9.98 Å². The van der Waals surface area contributed by atoms with Crippen molar-refractivity contribution in [2.24, 2.45) is 9.98 Å². The van der Waals surface area contributed by atoms with Crippen LogP contribution in [0.1, 0.15) is 34.1 Å². The predicted octanol–water partition coefficient (Wildman–Crippen LogP) is 1.87. The predicted molar refractivity (Wildman–Crippen MR) is 75.0 cm³/mol. The second-order valence-corrected chi connectivity index (χ2v) is 4.84. The van der Waals surface area contributed by atoms with Crippen molar-refractivity contribution in [3.63, 3.8) is 0 Å². The van der Waals surface area contributed by atoms with Gasteiger partial charge in [0.25, 0.3) is 0 Å². The van der Waals surface area contributed by atoms with Crippen LogP contribution < -0.4 is 0 Å². The van der Waals surface area contributed by atoms with Gasteiger partial charge >= 0.3 is 0 Å². The molecule has 1 aliphatic rings. The average Bonchev–Trinajstić information content (AvgIpc) is 2.35. The second-order valence-electron chi connectivity index (χ2n) is 4.84. The van der Waals surface area contributed by atoms with Gasteiger partial charge in [-0.3, -0.25) is 9.89 Å². The SMILES string of the molecule is CC/C(C)=N\C(=NC)N1CCN(C(C)C)CC1. The molecule has 0 aromatic carbocycles. The first-order chi connectivity index (χ1) is 8.08. The molecule has 1 rings (SSSR count). The number of aliphatic imine (C=N–C) groups is 2. The molecular formula is C13H26N4. The molecule has 0 N–H and O–H groups in total. The third kappa shape index (κ3) is 4.11. The Morgan fingerprint density at radius 3 is 2.18 bits per heavy atom. The monoisotopic (exact) mass is 238 g/mol. The highest BCUT2D eigenvalue weighted by atomic mass is 15.3. The summed E-state index contributed by atoms with van der Waals surface area (Å²) in [6.07, 6.45) is 0.991. The van der Waals surface area contributed by atoms with Crippen molar-refractivity contribution >= 4 is 11.7 Å². The molecule has 4 nitrogen and oxygen atoms in total. The van der Waals surface area contributed by atoms with E-state index in [9.17, 15) is 0 Å². The lowest BCUT2D eigenvalue weighted by Crippen LogP contribution is -2.50. The zero-order valence-electron chi connectivity index (χ0n) is 11.9. The normalized spacial score (nSPS) is 20.2. The second kappa shape index (κ2) is 6.74. The van der Waals surface area contributed by atoms with Gasteiger partial charge in [0.15, 0.2) is 0 Å². The maximum absolute atomic E-state index is 4.58. The van der Waals surface area contributed by atoms with E-state index >= 15 is 0 Å². The van der Waals surface area contributed by atoms with Crippen LogP contribution in [0.5, 0.6) is 0 Å². The molecule has 98 valence electrons. The minimum atomic E-state index is 0.639. The Morgan fingerprint density at radius 1 is 1.18 bits per heavy atom. The standard InChI is InChI=1S/C13H26N4/c1-6-12(4)15-13(14-5)17-9-7-16(8-10-17)11(2)3/h11H,6-10H2,1-5H3/b14-13?,15-12-. The van der Waals surface area contributed by atoms with E-state index < -0.39 is 0 Å². The molecule has 1 heterocycles. The van der Waals surface area contributed by atoms with Crippen molar-refractivity contribution in [2.45, 2.75) is 40.2 Å². The third-order valence-electron chi connectivity index (χ3n) is 3.33. The highest BCUT2D eigenvalue weighted by Crippen LogP contribution is 2.07. The van der Waals surface area contributed by atoms with Gasteiger partial charge in [0, 0.05) is 45.0 Å². The zero-order valence-corrected chi connectivity index (χ0v) is 11.9. The van der Waals surface area contributed by atoms with Crippen LogP contribution >= 0.6 is 0 Å². The first kappa shape index (κ1) is 14.2. The molecule has 0 radical (unpaired) electrons. The van der Waals surface area contributed by atoms with Crippen molar-refractivity contribution in [3.8, 4) is 0 Å². The minimum absolute atomic E-state index is 0.639. The molecule has 0 saturated carbocycles. The highest BCUT2D eigenvalue weighted by Gasteiger charge is 2.20. The van der Waals surface area contributed by atoms with E-state index in [0.717, 1.165) is 44.3 Å². The van der Waals surface area contributed by atoms with Gasteiger partial charge in [-0.15, -0.1) is 0 Å². The van der Waals surface area contributed by atoms with Gasteiger partial charge in [-0.25, -0.2) is 4.99 Å². The van der Waals surface area contributed by atoms with Crippen LogP contribution in [0, 0.1) is 0 Å². The first-order valence-corrected chi connectivity index (χ1v) is 6.58. The summed E-state index contributed by atoms with van der Waals surface area (Å²) < 4.78 is 0. The summed E-state index contributed by atoms with van der Waals surface area (Å²) >= 11 is 0. The summed E-state index contributed by atoms with van der Waals surface area (Å²) in [7, 11) is 1.83. The van der Waals surface area contributed by atoms with E-state index in [2.05, 4.69) is 47.5 Å². The van der Waals surface area contributed by atoms with Gasteiger partial charge in [0.2, 0.25) is 5.96 Å². The summed E-state index contributed by atoms with van der Waals surface area (Å²) in [5.74, 6) is 0.896. The first-order valence-electron chi connectivity index (χ1n) is 6.58. The summed E-state index contributed by atoms with van der Waals surface area (Å²) in [5.41, 5.74) is 1.15. The van der Waals surface area contributed by atoms with Crippen LogP contribution in [0.4, 0.5) is 0 Å². The minimum Gasteiger partial charge on any atom is -0.339 e. The molecule has 0 aromatic rings. The van der Waals surface area contributed by atoms with Crippen molar-refractivity contribution < 1.29 is 0 Å². The number of piperazine rings is 1. The molecule has 1 aliphatic heterocycles. The molecule has 0 amide bonds. The van der Waals surface area contributed by atoms with E-state index in [4.69, 9.17) is 0 Å². The van der Waals surface area contributed by atoms with Crippen LogP contribution in [0.3, 0.4) is 0 Å². The van der Waals surface area contributed by atoms with Crippen molar-refractivity contribution in [3.05, 3.63) is 0 Å². The van der Waals surface area contributed by atoms with Crippen molar-refractivity contribution in [1.82, 2.24) is 9.80 Å². The van der Waals surface area contributed by atoms with Crippen LogP contribution in [-0.2, 0) is 0 Å². The molecule has 0 unspecified atom stereocenters. The maximum Gasteiger partial charge on any atom is 0.220 e. The fourth-order valence-corrected chi connectivity index (χ4v) is 1.95. The van der Waals surface area contributed by atoms with E-state index in [1.165, 1.54) is 0 Å². The van der Waals surface area contributed by atoms with E-state index in [0.29, 0.717) is 6.04 Å². The van der Waals surface area contributed by atoms with Crippen LogP contribution in [0.25, 0.3) is 0 Å². The van der Waals surface area contributed by atoms with Gasteiger partial charge in [0.05, 0.1) is 0 Å². The molecule has 1 saturated heterocycles. The fourth-order valence-electron chi connectivity index (χ4n) is 1.95. The Bertz CT molecular complexity index is 286. The summed E-state index contributed by atoms with van der Waals surface area (Å²) in [5, 5.41) is 0. The Kier molecular flexibility index (Phi) is 5.62. The number of hydrogen-bond donors (Lipinski definition) is 0. The molecule has 0 spiro atoms. The molecule has 0 aliphatic carbocycles. The Hall–Kier alpha value is -0.900. The van der Waals surface area contributed by atoms with Gasteiger partial charge in [-0.2, -0.15) is 0 Å². The quantitative estimate of drug-likeness (QED) is 0.543. The fraction of sp³-hybridized carbons (Fsp3) is 0.846. The van der Waals surface area contributed by atoms with Crippen molar-refractivity contribution in [1.29, 1.82) is 0 Å². The molecule has 0 aromatic heterocycles. The maximum atomic E-state index is 4.58. The Balaban J connectivity index is 2.58. The lowest BCUT2D eigenvalue weighted by atomic mass is 10.2. The number of guanidine groups is 1.